The zero-order chi connectivity index (χ0) is 11.4. The van der Waals surface area contributed by atoms with Crippen molar-refractivity contribution in [3.63, 3.8) is 0 Å². The van der Waals surface area contributed by atoms with Crippen molar-refractivity contribution in [2.24, 2.45) is 0 Å². The third-order valence-corrected chi connectivity index (χ3v) is 2.62. The SMILES string of the molecule is O=c1ccn(CCc2ccncc2)c(=S)[nH]1. The van der Waals surface area contributed by atoms with E-state index in [1.807, 2.05) is 16.7 Å². The Bertz CT molecular complexity index is 574. The monoisotopic (exact) mass is 233 g/mol. The predicted molar refractivity (Wildman–Crippen MR) is 63.8 cm³/mol. The van der Waals surface area contributed by atoms with Gasteiger partial charge >= 0.3 is 0 Å². The average molecular weight is 233 g/mol. The molecule has 4 nitrogen and oxygen atoms in total. The van der Waals surface area contributed by atoms with E-state index in [0.29, 0.717) is 4.77 Å². The van der Waals surface area contributed by atoms with E-state index >= 15 is 0 Å². The van der Waals surface area contributed by atoms with Crippen molar-refractivity contribution in [1.82, 2.24) is 14.5 Å². The molecule has 2 aromatic heterocycles. The summed E-state index contributed by atoms with van der Waals surface area (Å²) < 4.78 is 2.30. The third kappa shape index (κ3) is 2.64. The summed E-state index contributed by atoms with van der Waals surface area (Å²) in [5.74, 6) is 0. The molecule has 0 saturated carbocycles. The number of aryl methyl sites for hydroxylation is 2. The first-order chi connectivity index (χ1) is 7.75. The van der Waals surface area contributed by atoms with Gasteiger partial charge in [0.25, 0.3) is 5.56 Å². The second-order valence-corrected chi connectivity index (χ2v) is 3.80. The maximum absolute atomic E-state index is 11.0. The minimum Gasteiger partial charge on any atom is -0.325 e. The van der Waals surface area contributed by atoms with Crippen molar-refractivity contribution in [3.05, 3.63) is 57.5 Å². The molecule has 16 heavy (non-hydrogen) atoms. The molecule has 0 aromatic carbocycles. The van der Waals surface area contributed by atoms with E-state index in [1.54, 1.807) is 18.6 Å². The number of H-pyrrole nitrogens is 1. The highest BCUT2D eigenvalue weighted by molar-refractivity contribution is 7.71. The number of pyridine rings is 1. The molecule has 2 rings (SSSR count). The summed E-state index contributed by atoms with van der Waals surface area (Å²) in [6, 6.07) is 5.41. The maximum atomic E-state index is 11.0. The Labute approximate surface area is 97.6 Å². The Hall–Kier alpha value is -1.75. The van der Waals surface area contributed by atoms with Crippen LogP contribution in [0.5, 0.6) is 0 Å². The highest BCUT2D eigenvalue weighted by Crippen LogP contribution is 1.99. The van der Waals surface area contributed by atoms with E-state index in [-0.39, 0.29) is 5.56 Å². The standard InChI is InChI=1S/C11H11N3OS/c15-10-4-8-14(11(16)13-10)7-3-9-1-5-12-6-2-9/h1-2,4-6,8H,3,7H2,(H,13,15,16). The van der Waals surface area contributed by atoms with Gasteiger partial charge in [-0.15, -0.1) is 0 Å². The number of nitrogens with zero attached hydrogens (tertiary/aromatic N) is 2. The molecule has 82 valence electrons. The zero-order valence-electron chi connectivity index (χ0n) is 8.59. The van der Waals surface area contributed by atoms with Gasteiger partial charge in [0.05, 0.1) is 0 Å². The van der Waals surface area contributed by atoms with Crippen LogP contribution in [-0.4, -0.2) is 14.5 Å². The normalized spacial score (nSPS) is 10.2. The minimum absolute atomic E-state index is 0.162. The van der Waals surface area contributed by atoms with Crippen LogP contribution >= 0.6 is 12.2 Å². The van der Waals surface area contributed by atoms with Crippen LogP contribution in [0.2, 0.25) is 0 Å². The molecule has 0 unspecified atom stereocenters. The summed E-state index contributed by atoms with van der Waals surface area (Å²) in [4.78, 5) is 17.5. The second-order valence-electron chi connectivity index (χ2n) is 3.41. The van der Waals surface area contributed by atoms with Crippen LogP contribution in [0.1, 0.15) is 5.56 Å². The Morgan fingerprint density at radius 2 is 2.06 bits per heavy atom. The van der Waals surface area contributed by atoms with Gasteiger partial charge in [-0.2, -0.15) is 0 Å². The summed E-state index contributed by atoms with van der Waals surface area (Å²) >= 11 is 5.05. The first-order valence-corrected chi connectivity index (χ1v) is 5.35. The van der Waals surface area contributed by atoms with Crippen LogP contribution in [0.25, 0.3) is 0 Å². The topological polar surface area (TPSA) is 50.7 Å². The van der Waals surface area contributed by atoms with Gasteiger partial charge < -0.3 is 4.57 Å². The van der Waals surface area contributed by atoms with Crippen molar-refractivity contribution in [3.8, 4) is 0 Å². The van der Waals surface area contributed by atoms with Crippen molar-refractivity contribution < 1.29 is 0 Å². The van der Waals surface area contributed by atoms with Gasteiger partial charge in [-0.25, -0.2) is 0 Å². The van der Waals surface area contributed by atoms with Gasteiger partial charge in [0.2, 0.25) is 0 Å². The lowest BCUT2D eigenvalue weighted by Gasteiger charge is -2.05. The van der Waals surface area contributed by atoms with Crippen LogP contribution in [0.3, 0.4) is 0 Å². The van der Waals surface area contributed by atoms with Gasteiger partial charge in [0.15, 0.2) is 4.77 Å². The predicted octanol–water partition coefficient (Wildman–Crippen LogP) is 1.54. The lowest BCUT2D eigenvalue weighted by molar-refractivity contribution is 0.662. The lowest BCUT2D eigenvalue weighted by atomic mass is 10.2. The van der Waals surface area contributed by atoms with E-state index in [4.69, 9.17) is 12.2 Å². The number of aromatic nitrogens is 3. The molecular formula is C11H11N3OS. The average Bonchev–Trinajstić information content (AvgIpc) is 2.29. The molecule has 0 spiro atoms. The smallest absolute Gasteiger partial charge is 0.251 e. The first-order valence-electron chi connectivity index (χ1n) is 4.94. The van der Waals surface area contributed by atoms with Crippen LogP contribution < -0.4 is 5.56 Å². The van der Waals surface area contributed by atoms with Crippen LogP contribution in [0.4, 0.5) is 0 Å². The van der Waals surface area contributed by atoms with E-state index in [1.165, 1.54) is 11.6 Å². The molecule has 0 aliphatic heterocycles. The summed E-state index contributed by atoms with van der Waals surface area (Å²) in [6.07, 6.45) is 6.11. The largest absolute Gasteiger partial charge is 0.325 e. The molecule has 0 radical (unpaired) electrons. The fourth-order valence-electron chi connectivity index (χ4n) is 1.42. The number of hydrogen-bond donors (Lipinski definition) is 1. The fourth-order valence-corrected chi connectivity index (χ4v) is 1.67. The number of hydrogen-bond acceptors (Lipinski definition) is 3. The zero-order valence-corrected chi connectivity index (χ0v) is 9.41. The van der Waals surface area contributed by atoms with Crippen LogP contribution in [-0.2, 0) is 13.0 Å². The fraction of sp³-hybridized carbons (Fsp3) is 0.182. The molecule has 0 saturated heterocycles. The molecule has 0 fully saturated rings. The maximum Gasteiger partial charge on any atom is 0.251 e. The van der Waals surface area contributed by atoms with Crippen molar-refractivity contribution >= 4 is 12.2 Å². The Morgan fingerprint density at radius 1 is 1.31 bits per heavy atom. The van der Waals surface area contributed by atoms with Gasteiger partial charge in [-0.3, -0.25) is 14.8 Å². The van der Waals surface area contributed by atoms with E-state index < -0.39 is 0 Å². The van der Waals surface area contributed by atoms with E-state index in [2.05, 4.69) is 9.97 Å². The molecule has 0 aliphatic rings. The molecule has 2 aromatic rings. The summed E-state index contributed by atoms with van der Waals surface area (Å²) in [6.45, 7) is 0.750. The second kappa shape index (κ2) is 4.85. The Balaban J connectivity index is 2.11. The quantitative estimate of drug-likeness (QED) is 0.818. The Kier molecular flexibility index (Phi) is 3.26. The summed E-state index contributed by atoms with van der Waals surface area (Å²) in [7, 11) is 0. The van der Waals surface area contributed by atoms with Crippen molar-refractivity contribution in [2.45, 2.75) is 13.0 Å². The number of rotatable bonds is 3. The molecule has 2 heterocycles. The summed E-state index contributed by atoms with van der Waals surface area (Å²) in [5, 5.41) is 0. The molecule has 0 atom stereocenters. The minimum atomic E-state index is -0.162. The highest BCUT2D eigenvalue weighted by atomic mass is 32.1. The van der Waals surface area contributed by atoms with E-state index in [9.17, 15) is 4.79 Å². The molecule has 1 N–H and O–H groups in total. The highest BCUT2D eigenvalue weighted by Gasteiger charge is 1.95. The Morgan fingerprint density at radius 3 is 2.75 bits per heavy atom. The lowest BCUT2D eigenvalue weighted by Crippen LogP contribution is -2.12. The van der Waals surface area contributed by atoms with Gasteiger partial charge in [0, 0.05) is 31.2 Å². The van der Waals surface area contributed by atoms with E-state index in [0.717, 1.165) is 13.0 Å². The molecular weight excluding hydrogens is 222 g/mol. The molecule has 0 amide bonds. The number of aromatic amines is 1. The molecule has 0 bridgehead atoms. The van der Waals surface area contributed by atoms with Crippen LogP contribution in [0, 0.1) is 4.77 Å². The summed E-state index contributed by atoms with van der Waals surface area (Å²) in [5.41, 5.74) is 1.04. The number of nitrogens with one attached hydrogen (secondary N) is 1. The first kappa shape index (κ1) is 10.8. The van der Waals surface area contributed by atoms with Gasteiger partial charge in [-0.05, 0) is 36.3 Å². The van der Waals surface area contributed by atoms with Crippen molar-refractivity contribution in [2.75, 3.05) is 0 Å². The molecule has 0 aliphatic carbocycles. The van der Waals surface area contributed by atoms with Gasteiger partial charge in [-0.1, -0.05) is 0 Å². The van der Waals surface area contributed by atoms with Gasteiger partial charge in [0.1, 0.15) is 0 Å². The van der Waals surface area contributed by atoms with Crippen LogP contribution in [0.15, 0.2) is 41.6 Å². The molecule has 5 heteroatoms. The third-order valence-electron chi connectivity index (χ3n) is 2.29. The van der Waals surface area contributed by atoms with Crippen molar-refractivity contribution in [1.29, 1.82) is 0 Å².